The van der Waals surface area contributed by atoms with Crippen LogP contribution in [0.2, 0.25) is 5.02 Å². The monoisotopic (exact) mass is 329 g/mol. The van der Waals surface area contributed by atoms with Gasteiger partial charge in [0.2, 0.25) is 0 Å². The summed E-state index contributed by atoms with van der Waals surface area (Å²) in [6, 6.07) is 5.49. The van der Waals surface area contributed by atoms with Gasteiger partial charge in [-0.05, 0) is 49.4 Å². The predicted octanol–water partition coefficient (Wildman–Crippen LogP) is 3.90. The van der Waals surface area contributed by atoms with E-state index in [1.54, 1.807) is 6.07 Å². The van der Waals surface area contributed by atoms with Crippen molar-refractivity contribution in [2.24, 2.45) is 5.92 Å². The fourth-order valence-corrected chi connectivity index (χ4v) is 3.02. The number of carbonyl (C=O) groups excluding carboxylic acids is 1. The summed E-state index contributed by atoms with van der Waals surface area (Å²) in [5.74, 6) is 0.837. The van der Waals surface area contributed by atoms with Crippen molar-refractivity contribution in [1.82, 2.24) is 4.90 Å². The lowest BCUT2D eigenvalue weighted by Crippen LogP contribution is -2.38. The van der Waals surface area contributed by atoms with Gasteiger partial charge in [0.15, 0.2) is 0 Å². The van der Waals surface area contributed by atoms with Crippen molar-refractivity contribution in [3.05, 3.63) is 34.3 Å². The standard InChI is InChI=1S/C14H17BrClNO/c1-10-8-12(2-3-13(10)16)14(18)17-6-4-11(9-15)5-7-17/h2-3,8,11H,4-7,9H2,1H3. The number of benzene rings is 1. The van der Waals surface area contributed by atoms with Crippen LogP contribution >= 0.6 is 27.5 Å². The van der Waals surface area contributed by atoms with Gasteiger partial charge in [-0.2, -0.15) is 0 Å². The van der Waals surface area contributed by atoms with Crippen LogP contribution in [0.15, 0.2) is 18.2 Å². The van der Waals surface area contributed by atoms with Gasteiger partial charge in [0, 0.05) is 29.0 Å². The summed E-state index contributed by atoms with van der Waals surface area (Å²) in [5, 5.41) is 1.75. The van der Waals surface area contributed by atoms with E-state index in [1.165, 1.54) is 0 Å². The zero-order chi connectivity index (χ0) is 13.1. The summed E-state index contributed by atoms with van der Waals surface area (Å²) >= 11 is 9.49. The van der Waals surface area contributed by atoms with E-state index in [0.717, 1.165) is 42.4 Å². The number of likely N-dealkylation sites (tertiary alicyclic amines) is 1. The first-order valence-electron chi connectivity index (χ1n) is 6.23. The molecule has 1 amide bonds. The summed E-state index contributed by atoms with van der Waals surface area (Å²) in [7, 11) is 0. The van der Waals surface area contributed by atoms with Crippen molar-refractivity contribution in [3.63, 3.8) is 0 Å². The van der Waals surface area contributed by atoms with Crippen molar-refractivity contribution >= 4 is 33.4 Å². The Hall–Kier alpha value is -0.540. The Morgan fingerprint density at radius 1 is 1.44 bits per heavy atom. The van der Waals surface area contributed by atoms with Gasteiger partial charge in [0.25, 0.3) is 5.91 Å². The Morgan fingerprint density at radius 3 is 2.67 bits per heavy atom. The molecule has 0 saturated carbocycles. The third-order valence-electron chi connectivity index (χ3n) is 3.52. The van der Waals surface area contributed by atoms with Crippen molar-refractivity contribution < 1.29 is 4.79 Å². The second-order valence-electron chi connectivity index (χ2n) is 4.85. The molecule has 1 fully saturated rings. The van der Waals surface area contributed by atoms with Gasteiger partial charge in [-0.25, -0.2) is 0 Å². The first-order chi connectivity index (χ1) is 8.61. The highest BCUT2D eigenvalue weighted by Gasteiger charge is 2.23. The molecule has 1 aliphatic rings. The molecule has 0 aromatic heterocycles. The van der Waals surface area contributed by atoms with Crippen LogP contribution in [-0.2, 0) is 0 Å². The number of hydrogen-bond donors (Lipinski definition) is 0. The van der Waals surface area contributed by atoms with Crippen LogP contribution in [0, 0.1) is 12.8 Å². The van der Waals surface area contributed by atoms with Crippen molar-refractivity contribution in [2.75, 3.05) is 18.4 Å². The minimum absolute atomic E-state index is 0.128. The van der Waals surface area contributed by atoms with Crippen LogP contribution in [0.1, 0.15) is 28.8 Å². The topological polar surface area (TPSA) is 20.3 Å². The Balaban J connectivity index is 2.05. The highest BCUT2D eigenvalue weighted by atomic mass is 79.9. The molecule has 98 valence electrons. The van der Waals surface area contributed by atoms with E-state index in [0.29, 0.717) is 10.9 Å². The highest BCUT2D eigenvalue weighted by molar-refractivity contribution is 9.09. The molecule has 0 radical (unpaired) electrons. The molecule has 1 aliphatic heterocycles. The summed E-state index contributed by atoms with van der Waals surface area (Å²) in [6.45, 7) is 3.64. The molecule has 0 bridgehead atoms. The predicted molar refractivity (Wildman–Crippen MR) is 78.6 cm³/mol. The van der Waals surface area contributed by atoms with Crippen LogP contribution in [0.3, 0.4) is 0 Å². The van der Waals surface area contributed by atoms with Gasteiger partial charge in [0.05, 0.1) is 0 Å². The Labute approximate surface area is 121 Å². The number of nitrogens with zero attached hydrogens (tertiary/aromatic N) is 1. The van der Waals surface area contributed by atoms with E-state index in [4.69, 9.17) is 11.6 Å². The largest absolute Gasteiger partial charge is 0.339 e. The highest BCUT2D eigenvalue weighted by Crippen LogP contribution is 2.22. The van der Waals surface area contributed by atoms with Crippen LogP contribution in [0.25, 0.3) is 0 Å². The normalized spacial score (nSPS) is 16.9. The van der Waals surface area contributed by atoms with Gasteiger partial charge >= 0.3 is 0 Å². The molecule has 1 aromatic rings. The maximum Gasteiger partial charge on any atom is 0.253 e. The maximum absolute atomic E-state index is 12.3. The van der Waals surface area contributed by atoms with Crippen LogP contribution in [-0.4, -0.2) is 29.2 Å². The summed E-state index contributed by atoms with van der Waals surface area (Å²) < 4.78 is 0. The van der Waals surface area contributed by atoms with Gasteiger partial charge in [-0.1, -0.05) is 27.5 Å². The first kappa shape index (κ1) is 13.9. The molecule has 2 rings (SSSR count). The number of piperidine rings is 1. The zero-order valence-corrected chi connectivity index (χ0v) is 12.8. The molecule has 0 unspecified atom stereocenters. The first-order valence-corrected chi connectivity index (χ1v) is 7.73. The lowest BCUT2D eigenvalue weighted by Gasteiger charge is -2.31. The van der Waals surface area contributed by atoms with Crippen molar-refractivity contribution in [3.8, 4) is 0 Å². The molecule has 0 N–H and O–H groups in total. The number of alkyl halides is 1. The number of halogens is 2. The Kier molecular flexibility index (Phi) is 4.68. The SMILES string of the molecule is Cc1cc(C(=O)N2CCC(CBr)CC2)ccc1Cl. The number of aryl methyl sites for hydroxylation is 1. The summed E-state index contributed by atoms with van der Waals surface area (Å²) in [5.41, 5.74) is 1.70. The number of amides is 1. The lowest BCUT2D eigenvalue weighted by molar-refractivity contribution is 0.0699. The number of hydrogen-bond acceptors (Lipinski definition) is 1. The third-order valence-corrected chi connectivity index (χ3v) is 4.86. The van der Waals surface area contributed by atoms with E-state index in [9.17, 15) is 4.79 Å². The van der Waals surface area contributed by atoms with Crippen LogP contribution < -0.4 is 0 Å². The zero-order valence-electron chi connectivity index (χ0n) is 10.5. The molecule has 1 aromatic carbocycles. The second-order valence-corrected chi connectivity index (χ2v) is 5.91. The third kappa shape index (κ3) is 3.07. The second kappa shape index (κ2) is 6.07. The minimum Gasteiger partial charge on any atom is -0.339 e. The smallest absolute Gasteiger partial charge is 0.253 e. The molecule has 0 spiro atoms. The van der Waals surface area contributed by atoms with Crippen molar-refractivity contribution in [1.29, 1.82) is 0 Å². The van der Waals surface area contributed by atoms with Gasteiger partial charge in [0.1, 0.15) is 0 Å². The molecule has 4 heteroatoms. The number of rotatable bonds is 2. The van der Waals surface area contributed by atoms with E-state index in [2.05, 4.69) is 15.9 Å². The Bertz CT molecular complexity index is 441. The Morgan fingerprint density at radius 2 is 2.11 bits per heavy atom. The van der Waals surface area contributed by atoms with Crippen molar-refractivity contribution in [2.45, 2.75) is 19.8 Å². The van der Waals surface area contributed by atoms with Gasteiger partial charge in [-0.15, -0.1) is 0 Å². The average molecular weight is 331 g/mol. The quantitative estimate of drug-likeness (QED) is 0.753. The van der Waals surface area contributed by atoms with E-state index < -0.39 is 0 Å². The molecule has 1 heterocycles. The van der Waals surface area contributed by atoms with Crippen LogP contribution in [0.5, 0.6) is 0 Å². The fraction of sp³-hybridized carbons (Fsp3) is 0.500. The lowest BCUT2D eigenvalue weighted by atomic mass is 9.98. The summed E-state index contributed by atoms with van der Waals surface area (Å²) in [6.07, 6.45) is 2.17. The molecular formula is C14H17BrClNO. The molecule has 2 nitrogen and oxygen atoms in total. The number of carbonyl (C=O) groups is 1. The molecular weight excluding hydrogens is 314 g/mol. The van der Waals surface area contributed by atoms with Crippen LogP contribution in [0.4, 0.5) is 0 Å². The van der Waals surface area contributed by atoms with E-state index in [1.807, 2.05) is 24.0 Å². The van der Waals surface area contributed by atoms with Gasteiger partial charge in [-0.3, -0.25) is 4.79 Å². The van der Waals surface area contributed by atoms with E-state index >= 15 is 0 Å². The fourth-order valence-electron chi connectivity index (χ4n) is 2.25. The minimum atomic E-state index is 0.128. The molecule has 0 atom stereocenters. The summed E-state index contributed by atoms with van der Waals surface area (Å²) in [4.78, 5) is 14.3. The molecule has 1 saturated heterocycles. The molecule has 18 heavy (non-hydrogen) atoms. The van der Waals surface area contributed by atoms with Gasteiger partial charge < -0.3 is 4.90 Å². The maximum atomic E-state index is 12.3. The molecule has 0 aliphatic carbocycles. The van der Waals surface area contributed by atoms with E-state index in [-0.39, 0.29) is 5.91 Å². The average Bonchev–Trinajstić information content (AvgIpc) is 2.41.